The topological polar surface area (TPSA) is 54.0 Å². The minimum Gasteiger partial charge on any atom is -0.497 e. The van der Waals surface area contributed by atoms with Crippen molar-refractivity contribution in [1.29, 1.82) is 0 Å². The van der Waals surface area contributed by atoms with E-state index in [1.807, 2.05) is 18.2 Å². The molecule has 2 rings (SSSR count). The minimum atomic E-state index is -0.361. The Balaban J connectivity index is 2.05. The lowest BCUT2D eigenvalue weighted by Gasteiger charge is -2.10. The fraction of sp³-hybridized carbons (Fsp3) is 0.235. The van der Waals surface area contributed by atoms with Gasteiger partial charge in [-0.15, -0.1) is 0 Å². The first kappa shape index (κ1) is 15.7. The zero-order chi connectivity index (χ0) is 15.9. The second kappa shape index (κ2) is 7.36. The molecule has 0 saturated heterocycles. The lowest BCUT2D eigenvalue weighted by molar-refractivity contribution is -0.133. The third-order valence-corrected chi connectivity index (χ3v) is 3.07. The van der Waals surface area contributed by atoms with Gasteiger partial charge in [-0.05, 0) is 29.8 Å². The van der Waals surface area contributed by atoms with Crippen LogP contribution in [-0.2, 0) is 11.2 Å². The van der Waals surface area contributed by atoms with E-state index < -0.39 is 0 Å². The molecule has 2 aromatic rings. The molecule has 22 heavy (non-hydrogen) atoms. The van der Waals surface area contributed by atoms with Crippen LogP contribution < -0.4 is 18.9 Å². The molecule has 0 aromatic heterocycles. The fourth-order valence-corrected chi connectivity index (χ4v) is 2.00. The molecule has 0 radical (unpaired) electrons. The summed E-state index contributed by atoms with van der Waals surface area (Å²) in [6.07, 6.45) is 0.158. The van der Waals surface area contributed by atoms with Gasteiger partial charge in [0.2, 0.25) is 0 Å². The summed E-state index contributed by atoms with van der Waals surface area (Å²) < 4.78 is 20.8. The summed E-state index contributed by atoms with van der Waals surface area (Å²) in [5.74, 6) is 1.84. The summed E-state index contributed by atoms with van der Waals surface area (Å²) in [6, 6.07) is 12.3. The third kappa shape index (κ3) is 3.91. The molecule has 0 atom stereocenters. The van der Waals surface area contributed by atoms with E-state index in [4.69, 9.17) is 18.9 Å². The van der Waals surface area contributed by atoms with Crippen molar-refractivity contribution in [3.63, 3.8) is 0 Å². The zero-order valence-corrected chi connectivity index (χ0v) is 12.8. The van der Waals surface area contributed by atoms with E-state index in [9.17, 15) is 4.79 Å². The molecular formula is C17H18O5. The number of hydrogen-bond acceptors (Lipinski definition) is 5. The van der Waals surface area contributed by atoms with Gasteiger partial charge in [0.1, 0.15) is 11.5 Å². The van der Waals surface area contributed by atoms with Gasteiger partial charge in [0, 0.05) is 6.07 Å². The van der Waals surface area contributed by atoms with E-state index >= 15 is 0 Å². The van der Waals surface area contributed by atoms with Crippen molar-refractivity contribution >= 4 is 5.97 Å². The smallest absolute Gasteiger partial charge is 0.315 e. The first-order valence-corrected chi connectivity index (χ1v) is 6.72. The van der Waals surface area contributed by atoms with Crippen molar-refractivity contribution in [2.24, 2.45) is 0 Å². The molecule has 0 amide bonds. The Bertz CT molecular complexity index is 651. The maximum atomic E-state index is 12.0. The summed E-state index contributed by atoms with van der Waals surface area (Å²) in [7, 11) is 4.66. The number of esters is 1. The molecule has 0 aliphatic carbocycles. The number of methoxy groups -OCH3 is 3. The predicted molar refractivity (Wildman–Crippen MR) is 81.9 cm³/mol. The van der Waals surface area contributed by atoms with Crippen LogP contribution >= 0.6 is 0 Å². The van der Waals surface area contributed by atoms with Crippen LogP contribution in [0.15, 0.2) is 42.5 Å². The zero-order valence-electron chi connectivity index (χ0n) is 12.8. The number of carbonyl (C=O) groups is 1. The van der Waals surface area contributed by atoms with Crippen molar-refractivity contribution in [1.82, 2.24) is 0 Å². The predicted octanol–water partition coefficient (Wildman–Crippen LogP) is 2.86. The molecular weight excluding hydrogens is 284 g/mol. The fourth-order valence-electron chi connectivity index (χ4n) is 2.00. The minimum absolute atomic E-state index is 0.158. The molecule has 2 aromatic carbocycles. The Morgan fingerprint density at radius 3 is 2.32 bits per heavy atom. The molecule has 0 aliphatic heterocycles. The van der Waals surface area contributed by atoms with Crippen LogP contribution in [0.2, 0.25) is 0 Å². The van der Waals surface area contributed by atoms with Gasteiger partial charge in [-0.25, -0.2) is 0 Å². The van der Waals surface area contributed by atoms with E-state index in [0.717, 1.165) is 5.56 Å². The number of hydrogen-bond donors (Lipinski definition) is 0. The Kier molecular flexibility index (Phi) is 5.25. The molecule has 0 N–H and O–H groups in total. The van der Waals surface area contributed by atoms with E-state index in [-0.39, 0.29) is 12.4 Å². The second-order valence-corrected chi connectivity index (χ2v) is 4.52. The van der Waals surface area contributed by atoms with Gasteiger partial charge in [0.25, 0.3) is 0 Å². The highest BCUT2D eigenvalue weighted by Crippen LogP contribution is 2.31. The summed E-state index contributed by atoms with van der Waals surface area (Å²) in [6.45, 7) is 0. The van der Waals surface area contributed by atoms with E-state index in [1.54, 1.807) is 38.5 Å². The van der Waals surface area contributed by atoms with Crippen LogP contribution in [0.5, 0.6) is 23.0 Å². The normalized spacial score (nSPS) is 9.95. The van der Waals surface area contributed by atoms with Crippen molar-refractivity contribution in [3.05, 3.63) is 48.0 Å². The standard InChI is InChI=1S/C17H18O5/c1-19-13-6-4-5-12(9-13)10-17(18)22-14-7-8-15(20-2)16(11-14)21-3/h4-9,11H,10H2,1-3H3. The lowest BCUT2D eigenvalue weighted by Crippen LogP contribution is -2.11. The maximum absolute atomic E-state index is 12.0. The van der Waals surface area contributed by atoms with Crippen LogP contribution in [0, 0.1) is 0 Å². The maximum Gasteiger partial charge on any atom is 0.315 e. The molecule has 0 fully saturated rings. The van der Waals surface area contributed by atoms with E-state index in [1.165, 1.54) is 7.11 Å². The van der Waals surface area contributed by atoms with Crippen molar-refractivity contribution in [2.75, 3.05) is 21.3 Å². The highest BCUT2D eigenvalue weighted by atomic mass is 16.5. The Hall–Kier alpha value is -2.69. The quantitative estimate of drug-likeness (QED) is 0.606. The first-order chi connectivity index (χ1) is 10.7. The number of carbonyl (C=O) groups excluding carboxylic acids is 1. The highest BCUT2D eigenvalue weighted by Gasteiger charge is 2.10. The van der Waals surface area contributed by atoms with Crippen LogP contribution in [0.4, 0.5) is 0 Å². The number of ether oxygens (including phenoxy) is 4. The molecule has 0 unspecified atom stereocenters. The summed E-state index contributed by atoms with van der Waals surface area (Å²) >= 11 is 0. The SMILES string of the molecule is COc1cccc(CC(=O)Oc2ccc(OC)c(OC)c2)c1. The van der Waals surface area contributed by atoms with Crippen molar-refractivity contribution in [3.8, 4) is 23.0 Å². The van der Waals surface area contributed by atoms with Crippen LogP contribution in [0.1, 0.15) is 5.56 Å². The Labute approximate surface area is 129 Å². The van der Waals surface area contributed by atoms with Gasteiger partial charge in [-0.3, -0.25) is 4.79 Å². The summed E-state index contributed by atoms with van der Waals surface area (Å²) in [4.78, 5) is 12.0. The summed E-state index contributed by atoms with van der Waals surface area (Å²) in [5.41, 5.74) is 0.824. The first-order valence-electron chi connectivity index (χ1n) is 6.72. The summed E-state index contributed by atoms with van der Waals surface area (Å²) in [5, 5.41) is 0. The van der Waals surface area contributed by atoms with Gasteiger partial charge in [0.05, 0.1) is 27.8 Å². The Morgan fingerprint density at radius 1 is 0.864 bits per heavy atom. The number of rotatable bonds is 6. The Morgan fingerprint density at radius 2 is 1.64 bits per heavy atom. The second-order valence-electron chi connectivity index (χ2n) is 4.52. The van der Waals surface area contributed by atoms with Gasteiger partial charge >= 0.3 is 5.97 Å². The van der Waals surface area contributed by atoms with Crippen LogP contribution in [0.3, 0.4) is 0 Å². The molecule has 0 spiro atoms. The number of benzene rings is 2. The monoisotopic (exact) mass is 302 g/mol. The third-order valence-electron chi connectivity index (χ3n) is 3.07. The lowest BCUT2D eigenvalue weighted by atomic mass is 10.1. The van der Waals surface area contributed by atoms with Crippen LogP contribution in [-0.4, -0.2) is 27.3 Å². The molecule has 0 heterocycles. The van der Waals surface area contributed by atoms with Gasteiger partial charge in [-0.2, -0.15) is 0 Å². The van der Waals surface area contributed by atoms with Crippen LogP contribution in [0.25, 0.3) is 0 Å². The molecule has 5 heteroatoms. The van der Waals surface area contributed by atoms with Crippen molar-refractivity contribution in [2.45, 2.75) is 6.42 Å². The molecule has 0 bridgehead atoms. The average Bonchev–Trinajstić information content (AvgIpc) is 2.54. The van der Waals surface area contributed by atoms with Gasteiger partial charge in [-0.1, -0.05) is 12.1 Å². The van der Waals surface area contributed by atoms with Crippen molar-refractivity contribution < 1.29 is 23.7 Å². The largest absolute Gasteiger partial charge is 0.497 e. The van der Waals surface area contributed by atoms with Gasteiger partial charge in [0.15, 0.2) is 11.5 Å². The highest BCUT2D eigenvalue weighted by molar-refractivity contribution is 5.75. The van der Waals surface area contributed by atoms with E-state index in [2.05, 4.69) is 0 Å². The molecule has 116 valence electrons. The van der Waals surface area contributed by atoms with E-state index in [0.29, 0.717) is 23.0 Å². The average molecular weight is 302 g/mol. The molecule has 0 aliphatic rings. The molecule has 0 saturated carbocycles. The van der Waals surface area contributed by atoms with Gasteiger partial charge < -0.3 is 18.9 Å². The molecule has 5 nitrogen and oxygen atoms in total.